The number of benzene rings is 1. The lowest BCUT2D eigenvalue weighted by Crippen LogP contribution is -1.99. The van der Waals surface area contributed by atoms with E-state index < -0.39 is 0 Å². The van der Waals surface area contributed by atoms with E-state index in [1.54, 1.807) is 11.3 Å². The van der Waals surface area contributed by atoms with E-state index in [0.717, 1.165) is 22.5 Å². The first kappa shape index (κ1) is 13.7. The van der Waals surface area contributed by atoms with Crippen LogP contribution in [0.1, 0.15) is 11.8 Å². The lowest BCUT2D eigenvalue weighted by Gasteiger charge is -2.09. The molecule has 0 aliphatic rings. The Balaban J connectivity index is 2.02. The average Bonchev–Trinajstić information content (AvgIpc) is 2.76. The fourth-order valence-corrected chi connectivity index (χ4v) is 3.18. The minimum Gasteiger partial charge on any atom is -0.492 e. The van der Waals surface area contributed by atoms with Gasteiger partial charge in [-0.25, -0.2) is 0 Å². The van der Waals surface area contributed by atoms with Crippen molar-refractivity contribution in [3.8, 4) is 5.75 Å². The second kappa shape index (κ2) is 6.45. The van der Waals surface area contributed by atoms with E-state index in [1.165, 1.54) is 4.88 Å². The zero-order valence-electron chi connectivity index (χ0n) is 9.87. The van der Waals surface area contributed by atoms with Gasteiger partial charge >= 0.3 is 0 Å². The normalized spacial score (nSPS) is 10.4. The van der Waals surface area contributed by atoms with Crippen LogP contribution in [0.2, 0.25) is 5.02 Å². The average molecular weight is 347 g/mol. The third-order valence-electron chi connectivity index (χ3n) is 2.38. The van der Waals surface area contributed by atoms with Crippen LogP contribution in [0.3, 0.4) is 0 Å². The Labute approximate surface area is 124 Å². The molecular formula is C13H13BrClNOS. The van der Waals surface area contributed by atoms with E-state index in [4.69, 9.17) is 16.3 Å². The molecule has 2 aromatic rings. The van der Waals surface area contributed by atoms with Crippen molar-refractivity contribution >= 4 is 44.6 Å². The molecule has 0 amide bonds. The molecule has 0 bridgehead atoms. The maximum absolute atomic E-state index is 6.13. The van der Waals surface area contributed by atoms with Gasteiger partial charge in [-0.1, -0.05) is 11.6 Å². The standard InChI is InChI=1S/C13H13BrClNOS/c1-2-17-12-4-3-9(7-11(12)15)16-8-13-10(14)5-6-18-13/h3-7,16H,2,8H2,1H3. The zero-order valence-corrected chi connectivity index (χ0v) is 13.0. The topological polar surface area (TPSA) is 21.3 Å². The van der Waals surface area contributed by atoms with Crippen molar-refractivity contribution in [3.05, 3.63) is 44.0 Å². The van der Waals surface area contributed by atoms with Crippen LogP contribution < -0.4 is 10.1 Å². The molecule has 1 aromatic carbocycles. The molecule has 2 nitrogen and oxygen atoms in total. The molecule has 18 heavy (non-hydrogen) atoms. The fraction of sp³-hybridized carbons (Fsp3) is 0.231. The van der Waals surface area contributed by atoms with Crippen molar-refractivity contribution in [1.82, 2.24) is 0 Å². The van der Waals surface area contributed by atoms with Gasteiger partial charge in [0, 0.05) is 15.0 Å². The Bertz CT molecular complexity index is 529. The minimum absolute atomic E-state index is 0.620. The lowest BCUT2D eigenvalue weighted by molar-refractivity contribution is 0.340. The lowest BCUT2D eigenvalue weighted by atomic mass is 10.3. The second-order valence-corrected chi connectivity index (χ2v) is 5.89. The van der Waals surface area contributed by atoms with Crippen LogP contribution in [0.15, 0.2) is 34.1 Å². The SMILES string of the molecule is CCOc1ccc(NCc2sccc2Br)cc1Cl. The van der Waals surface area contributed by atoms with Crippen LogP contribution in [0.25, 0.3) is 0 Å². The van der Waals surface area contributed by atoms with Crippen molar-refractivity contribution in [1.29, 1.82) is 0 Å². The third-order valence-corrected chi connectivity index (χ3v) is 4.60. The van der Waals surface area contributed by atoms with Gasteiger partial charge in [0.25, 0.3) is 0 Å². The molecule has 0 fully saturated rings. The number of nitrogens with one attached hydrogen (secondary N) is 1. The smallest absolute Gasteiger partial charge is 0.138 e. The molecule has 5 heteroatoms. The molecule has 0 unspecified atom stereocenters. The van der Waals surface area contributed by atoms with Crippen LogP contribution >= 0.6 is 38.9 Å². The van der Waals surface area contributed by atoms with Gasteiger partial charge in [-0.05, 0) is 52.5 Å². The molecule has 0 aliphatic heterocycles. The summed E-state index contributed by atoms with van der Waals surface area (Å²) in [7, 11) is 0. The Hall–Kier alpha value is -0.710. The van der Waals surface area contributed by atoms with Crippen LogP contribution in [-0.2, 0) is 6.54 Å². The molecule has 0 atom stereocenters. The number of anilines is 1. The summed E-state index contributed by atoms with van der Waals surface area (Å²) in [4.78, 5) is 1.26. The molecular weight excluding hydrogens is 334 g/mol. The third kappa shape index (κ3) is 3.40. The van der Waals surface area contributed by atoms with E-state index in [9.17, 15) is 0 Å². The van der Waals surface area contributed by atoms with E-state index in [-0.39, 0.29) is 0 Å². The van der Waals surface area contributed by atoms with Gasteiger partial charge in [-0.15, -0.1) is 11.3 Å². The van der Waals surface area contributed by atoms with Gasteiger partial charge < -0.3 is 10.1 Å². The quantitative estimate of drug-likeness (QED) is 0.806. The summed E-state index contributed by atoms with van der Waals surface area (Å²) in [5, 5.41) is 6.03. The molecule has 1 aromatic heterocycles. The van der Waals surface area contributed by atoms with Gasteiger partial charge in [0.05, 0.1) is 18.2 Å². The Kier molecular flexibility index (Phi) is 4.92. The minimum atomic E-state index is 0.620. The Morgan fingerprint density at radius 1 is 1.39 bits per heavy atom. The first-order valence-electron chi connectivity index (χ1n) is 5.58. The summed E-state index contributed by atoms with van der Waals surface area (Å²) in [6.45, 7) is 3.34. The molecule has 0 aliphatic carbocycles. The number of hydrogen-bond acceptors (Lipinski definition) is 3. The summed E-state index contributed by atoms with van der Waals surface area (Å²) in [5.74, 6) is 0.724. The summed E-state index contributed by atoms with van der Waals surface area (Å²) in [6.07, 6.45) is 0. The molecule has 0 radical (unpaired) electrons. The Morgan fingerprint density at radius 3 is 2.83 bits per heavy atom. The van der Waals surface area contributed by atoms with Crippen LogP contribution in [-0.4, -0.2) is 6.61 Å². The van der Waals surface area contributed by atoms with Gasteiger partial charge in [-0.3, -0.25) is 0 Å². The maximum atomic E-state index is 6.13. The number of hydrogen-bond donors (Lipinski definition) is 1. The van der Waals surface area contributed by atoms with Crippen LogP contribution in [0.4, 0.5) is 5.69 Å². The summed E-state index contributed by atoms with van der Waals surface area (Å²) in [6, 6.07) is 7.79. The maximum Gasteiger partial charge on any atom is 0.138 e. The highest BCUT2D eigenvalue weighted by atomic mass is 79.9. The second-order valence-electron chi connectivity index (χ2n) is 3.62. The van der Waals surface area contributed by atoms with Crippen LogP contribution in [0, 0.1) is 0 Å². The molecule has 1 heterocycles. The summed E-state index contributed by atoms with van der Waals surface area (Å²) in [5.41, 5.74) is 0.990. The number of halogens is 2. The van der Waals surface area contributed by atoms with E-state index in [1.807, 2.05) is 31.2 Å². The van der Waals surface area contributed by atoms with E-state index in [2.05, 4.69) is 26.6 Å². The van der Waals surface area contributed by atoms with Gasteiger partial charge in [0.1, 0.15) is 5.75 Å². The van der Waals surface area contributed by atoms with Crippen molar-refractivity contribution in [2.45, 2.75) is 13.5 Å². The number of ether oxygens (including phenoxy) is 1. The van der Waals surface area contributed by atoms with Gasteiger partial charge in [0.15, 0.2) is 0 Å². The Morgan fingerprint density at radius 2 is 2.22 bits per heavy atom. The first-order valence-corrected chi connectivity index (χ1v) is 7.64. The number of rotatable bonds is 5. The highest BCUT2D eigenvalue weighted by molar-refractivity contribution is 9.10. The highest BCUT2D eigenvalue weighted by Gasteiger charge is 2.04. The largest absolute Gasteiger partial charge is 0.492 e. The van der Waals surface area contributed by atoms with Crippen molar-refractivity contribution in [2.24, 2.45) is 0 Å². The monoisotopic (exact) mass is 345 g/mol. The predicted octanol–water partition coefficient (Wildman–Crippen LogP) is 5.17. The molecule has 2 rings (SSSR count). The van der Waals surface area contributed by atoms with Crippen molar-refractivity contribution < 1.29 is 4.74 Å². The van der Waals surface area contributed by atoms with E-state index >= 15 is 0 Å². The van der Waals surface area contributed by atoms with Crippen LogP contribution in [0.5, 0.6) is 5.75 Å². The molecule has 1 N–H and O–H groups in total. The molecule has 96 valence electrons. The van der Waals surface area contributed by atoms with Crippen molar-refractivity contribution in [2.75, 3.05) is 11.9 Å². The first-order chi connectivity index (χ1) is 8.70. The molecule has 0 saturated carbocycles. The van der Waals surface area contributed by atoms with E-state index in [0.29, 0.717) is 11.6 Å². The molecule has 0 spiro atoms. The summed E-state index contributed by atoms with van der Waals surface area (Å²) >= 11 is 11.4. The van der Waals surface area contributed by atoms with Gasteiger partial charge in [-0.2, -0.15) is 0 Å². The predicted molar refractivity (Wildman–Crippen MR) is 82.0 cm³/mol. The van der Waals surface area contributed by atoms with Gasteiger partial charge in [0.2, 0.25) is 0 Å². The molecule has 0 saturated heterocycles. The highest BCUT2D eigenvalue weighted by Crippen LogP contribution is 2.29. The fourth-order valence-electron chi connectivity index (χ4n) is 1.52. The number of thiophene rings is 1. The summed E-state index contributed by atoms with van der Waals surface area (Å²) < 4.78 is 6.53. The zero-order chi connectivity index (χ0) is 13.0. The van der Waals surface area contributed by atoms with Crippen molar-refractivity contribution in [3.63, 3.8) is 0 Å².